The summed E-state index contributed by atoms with van der Waals surface area (Å²) in [6.07, 6.45) is 2.42. The van der Waals surface area contributed by atoms with E-state index in [0.717, 1.165) is 44.0 Å². The molecule has 3 aliphatic heterocycles. The molecule has 5 heteroatoms. The van der Waals surface area contributed by atoms with E-state index in [4.69, 9.17) is 4.74 Å². The predicted molar refractivity (Wildman–Crippen MR) is 96.6 cm³/mol. The van der Waals surface area contributed by atoms with Crippen LogP contribution in [-0.2, 0) is 4.74 Å². The van der Waals surface area contributed by atoms with Crippen molar-refractivity contribution in [2.24, 2.45) is 5.92 Å². The highest BCUT2D eigenvalue weighted by Crippen LogP contribution is 2.29. The average molecular weight is 331 g/mol. The Hall–Kier alpha value is -1.59. The molecule has 0 spiro atoms. The summed E-state index contributed by atoms with van der Waals surface area (Å²) in [7, 11) is 5.76. The zero-order valence-corrected chi connectivity index (χ0v) is 15.1. The van der Waals surface area contributed by atoms with E-state index in [1.54, 1.807) is 7.11 Å². The van der Waals surface area contributed by atoms with Crippen molar-refractivity contribution in [1.29, 1.82) is 0 Å². The third kappa shape index (κ3) is 3.73. The van der Waals surface area contributed by atoms with Gasteiger partial charge in [0.05, 0.1) is 6.61 Å². The topological polar surface area (TPSA) is 36.0 Å². The molecule has 2 atom stereocenters. The molecule has 3 saturated heterocycles. The van der Waals surface area contributed by atoms with Crippen LogP contribution in [0.4, 0.5) is 5.69 Å². The van der Waals surface area contributed by atoms with E-state index < -0.39 is 0 Å². The summed E-state index contributed by atoms with van der Waals surface area (Å²) in [6.45, 7) is 4.55. The maximum absolute atomic E-state index is 13.0. The van der Waals surface area contributed by atoms with Crippen LogP contribution in [0.3, 0.4) is 0 Å². The van der Waals surface area contributed by atoms with E-state index >= 15 is 0 Å². The molecule has 0 saturated carbocycles. The van der Waals surface area contributed by atoms with Gasteiger partial charge in [0.25, 0.3) is 5.91 Å². The minimum atomic E-state index is 0.171. The molecule has 1 aromatic carbocycles. The van der Waals surface area contributed by atoms with Gasteiger partial charge in [0.2, 0.25) is 0 Å². The standard InChI is InChI=1S/C19H29N3O2/c1-20(2)17-6-4-5-16(11-17)19(23)22-13-15-7-8-18(14-22)21(12-15)9-10-24-3/h4-6,11,15,18H,7-10,12-14H2,1-3H3/t15-,18-/m0/s1. The molecule has 24 heavy (non-hydrogen) atoms. The molecule has 1 amide bonds. The summed E-state index contributed by atoms with van der Waals surface area (Å²) < 4.78 is 5.25. The van der Waals surface area contributed by atoms with Gasteiger partial charge in [-0.1, -0.05) is 6.07 Å². The summed E-state index contributed by atoms with van der Waals surface area (Å²) in [6, 6.07) is 8.41. The molecular formula is C19H29N3O2. The van der Waals surface area contributed by atoms with Gasteiger partial charge in [0, 0.05) is 64.7 Å². The molecule has 5 nitrogen and oxygen atoms in total. The fourth-order valence-electron chi connectivity index (χ4n) is 3.93. The van der Waals surface area contributed by atoms with Crippen molar-refractivity contribution in [2.45, 2.75) is 18.9 Å². The van der Waals surface area contributed by atoms with E-state index in [1.165, 1.54) is 12.8 Å². The minimum absolute atomic E-state index is 0.171. The first-order valence-corrected chi connectivity index (χ1v) is 8.88. The van der Waals surface area contributed by atoms with Crippen molar-refractivity contribution in [1.82, 2.24) is 9.80 Å². The molecule has 0 aliphatic carbocycles. The number of piperidine rings is 1. The lowest BCUT2D eigenvalue weighted by molar-refractivity contribution is 0.0718. The minimum Gasteiger partial charge on any atom is -0.383 e. The number of hydrogen-bond donors (Lipinski definition) is 0. The Balaban J connectivity index is 1.73. The van der Waals surface area contributed by atoms with Crippen molar-refractivity contribution in [2.75, 3.05) is 58.9 Å². The smallest absolute Gasteiger partial charge is 0.253 e. The number of fused-ring (bicyclic) bond motifs is 4. The lowest BCUT2D eigenvalue weighted by atomic mass is 9.95. The second-order valence-corrected chi connectivity index (χ2v) is 7.24. The first-order chi connectivity index (χ1) is 11.6. The average Bonchev–Trinajstić information content (AvgIpc) is 2.91. The van der Waals surface area contributed by atoms with Gasteiger partial charge in [-0.05, 0) is 37.0 Å². The molecule has 3 aliphatic rings. The van der Waals surface area contributed by atoms with E-state index in [1.807, 2.05) is 43.3 Å². The highest BCUT2D eigenvalue weighted by molar-refractivity contribution is 5.95. The lowest BCUT2D eigenvalue weighted by Crippen LogP contribution is -2.45. The Kier molecular flexibility index (Phi) is 5.41. The quantitative estimate of drug-likeness (QED) is 0.826. The predicted octanol–water partition coefficient (Wildman–Crippen LogP) is 1.94. The van der Waals surface area contributed by atoms with Crippen LogP contribution in [0.25, 0.3) is 0 Å². The number of rotatable bonds is 5. The van der Waals surface area contributed by atoms with Crippen molar-refractivity contribution in [3.63, 3.8) is 0 Å². The molecule has 1 aromatic rings. The summed E-state index contributed by atoms with van der Waals surface area (Å²) in [5.74, 6) is 0.755. The molecular weight excluding hydrogens is 302 g/mol. The summed E-state index contributed by atoms with van der Waals surface area (Å²) >= 11 is 0. The van der Waals surface area contributed by atoms with Crippen molar-refractivity contribution >= 4 is 11.6 Å². The molecule has 0 radical (unpaired) electrons. The monoisotopic (exact) mass is 331 g/mol. The van der Waals surface area contributed by atoms with Gasteiger partial charge in [-0.15, -0.1) is 0 Å². The van der Waals surface area contributed by atoms with Crippen LogP contribution in [0.1, 0.15) is 23.2 Å². The fourth-order valence-corrected chi connectivity index (χ4v) is 3.93. The zero-order chi connectivity index (χ0) is 17.1. The number of anilines is 1. The van der Waals surface area contributed by atoms with E-state index in [0.29, 0.717) is 12.0 Å². The van der Waals surface area contributed by atoms with Crippen LogP contribution in [0.5, 0.6) is 0 Å². The highest BCUT2D eigenvalue weighted by atomic mass is 16.5. The second-order valence-electron chi connectivity index (χ2n) is 7.24. The number of carbonyl (C=O) groups is 1. The number of nitrogens with zero attached hydrogens (tertiary/aromatic N) is 3. The van der Waals surface area contributed by atoms with Gasteiger partial charge >= 0.3 is 0 Å². The second kappa shape index (κ2) is 7.53. The molecule has 0 N–H and O–H groups in total. The maximum Gasteiger partial charge on any atom is 0.253 e. The van der Waals surface area contributed by atoms with Gasteiger partial charge in [-0.25, -0.2) is 0 Å². The lowest BCUT2D eigenvalue weighted by Gasteiger charge is -2.35. The van der Waals surface area contributed by atoms with Gasteiger partial charge in [0.1, 0.15) is 0 Å². The van der Waals surface area contributed by atoms with Gasteiger partial charge in [-0.2, -0.15) is 0 Å². The fraction of sp³-hybridized carbons (Fsp3) is 0.632. The van der Waals surface area contributed by atoms with Gasteiger partial charge in [-0.3, -0.25) is 9.69 Å². The van der Waals surface area contributed by atoms with Gasteiger partial charge in [0.15, 0.2) is 0 Å². The Labute approximate surface area is 145 Å². The Bertz CT molecular complexity index is 575. The van der Waals surface area contributed by atoms with E-state index in [9.17, 15) is 4.79 Å². The van der Waals surface area contributed by atoms with Crippen molar-refractivity contribution in [3.8, 4) is 0 Å². The zero-order valence-electron chi connectivity index (χ0n) is 15.1. The molecule has 0 unspecified atom stereocenters. The van der Waals surface area contributed by atoms with Crippen molar-refractivity contribution in [3.05, 3.63) is 29.8 Å². The van der Waals surface area contributed by atoms with E-state index in [2.05, 4.69) is 9.80 Å². The number of hydrogen-bond acceptors (Lipinski definition) is 4. The van der Waals surface area contributed by atoms with Crippen LogP contribution in [0.2, 0.25) is 0 Å². The Morgan fingerprint density at radius 1 is 1.25 bits per heavy atom. The number of methoxy groups -OCH3 is 1. The normalized spacial score (nSPS) is 24.0. The summed E-state index contributed by atoms with van der Waals surface area (Å²) in [5.41, 5.74) is 1.87. The van der Waals surface area contributed by atoms with Crippen LogP contribution in [0, 0.1) is 5.92 Å². The molecule has 3 fully saturated rings. The highest BCUT2D eigenvalue weighted by Gasteiger charge is 2.36. The molecule has 3 heterocycles. The number of ether oxygens (including phenoxy) is 1. The number of amides is 1. The number of carbonyl (C=O) groups excluding carboxylic acids is 1. The molecule has 132 valence electrons. The SMILES string of the molecule is COCCN1C[C@@H]2CC[C@H]1CN(C(=O)c1cccc(N(C)C)c1)C2. The van der Waals surface area contributed by atoms with Crippen LogP contribution < -0.4 is 4.90 Å². The van der Waals surface area contributed by atoms with Gasteiger partial charge < -0.3 is 14.5 Å². The first kappa shape index (κ1) is 17.2. The van der Waals surface area contributed by atoms with Crippen LogP contribution in [0.15, 0.2) is 24.3 Å². The Morgan fingerprint density at radius 3 is 2.83 bits per heavy atom. The molecule has 4 rings (SSSR count). The molecule has 2 bridgehead atoms. The summed E-state index contributed by atoms with van der Waals surface area (Å²) in [4.78, 5) is 19.7. The van der Waals surface area contributed by atoms with Crippen LogP contribution in [-0.4, -0.2) is 75.7 Å². The Morgan fingerprint density at radius 2 is 2.08 bits per heavy atom. The summed E-state index contributed by atoms with van der Waals surface area (Å²) in [5, 5.41) is 0. The van der Waals surface area contributed by atoms with Crippen LogP contribution >= 0.6 is 0 Å². The first-order valence-electron chi connectivity index (χ1n) is 8.88. The molecule has 0 aromatic heterocycles. The maximum atomic E-state index is 13.0. The number of benzene rings is 1. The third-order valence-electron chi connectivity index (χ3n) is 5.31. The van der Waals surface area contributed by atoms with Crippen molar-refractivity contribution < 1.29 is 9.53 Å². The van der Waals surface area contributed by atoms with E-state index in [-0.39, 0.29) is 5.91 Å². The largest absolute Gasteiger partial charge is 0.383 e. The third-order valence-corrected chi connectivity index (χ3v) is 5.31.